The van der Waals surface area contributed by atoms with Crippen molar-refractivity contribution in [2.45, 2.75) is 56.6 Å². The Bertz CT molecular complexity index is 697. The van der Waals surface area contributed by atoms with Gasteiger partial charge in [0.15, 0.2) is 11.6 Å². The van der Waals surface area contributed by atoms with Crippen LogP contribution in [0, 0.1) is 11.7 Å². The molecule has 0 spiro atoms. The zero-order valence-electron chi connectivity index (χ0n) is 14.8. The quantitative estimate of drug-likeness (QED) is 0.739. The molecule has 2 fully saturated rings. The maximum Gasteiger partial charge on any atom is 0.243 e. The van der Waals surface area contributed by atoms with Gasteiger partial charge in [-0.3, -0.25) is 0 Å². The highest BCUT2D eigenvalue weighted by Crippen LogP contribution is 2.34. The minimum Gasteiger partial charge on any atom is -0.487 e. The molecule has 3 rings (SSSR count). The number of hydrogen-bond donors (Lipinski definition) is 0. The SMILES string of the molecule is CC(C)CN(C1CC1)S(=O)(=O)c1ccc(OC2CCOCC2)c(F)c1. The molecule has 7 heteroatoms. The van der Waals surface area contributed by atoms with Crippen LogP contribution >= 0.6 is 0 Å². The summed E-state index contributed by atoms with van der Waals surface area (Å²) < 4.78 is 52.7. The summed E-state index contributed by atoms with van der Waals surface area (Å²) in [5.74, 6) is -0.308. The van der Waals surface area contributed by atoms with E-state index in [0.29, 0.717) is 32.6 Å². The van der Waals surface area contributed by atoms with Crippen molar-refractivity contribution in [3.63, 3.8) is 0 Å². The zero-order valence-corrected chi connectivity index (χ0v) is 15.6. The van der Waals surface area contributed by atoms with Crippen LogP contribution in [0.1, 0.15) is 39.5 Å². The molecule has 0 amide bonds. The standard InChI is InChI=1S/C18H26FNO4S/c1-13(2)12-20(14-3-4-14)25(21,22)16-5-6-18(17(19)11-16)24-15-7-9-23-10-8-15/h5-6,11,13-15H,3-4,7-10,12H2,1-2H3. The smallest absolute Gasteiger partial charge is 0.243 e. The fraction of sp³-hybridized carbons (Fsp3) is 0.667. The molecule has 5 nitrogen and oxygen atoms in total. The Labute approximate surface area is 149 Å². The summed E-state index contributed by atoms with van der Waals surface area (Å²) in [7, 11) is -3.69. The molecular formula is C18H26FNO4S. The average Bonchev–Trinajstić information content (AvgIpc) is 3.40. The van der Waals surface area contributed by atoms with Gasteiger partial charge in [0.05, 0.1) is 18.1 Å². The molecule has 1 heterocycles. The first-order valence-electron chi connectivity index (χ1n) is 8.93. The van der Waals surface area contributed by atoms with Crippen molar-refractivity contribution in [3.05, 3.63) is 24.0 Å². The van der Waals surface area contributed by atoms with Crippen molar-refractivity contribution in [3.8, 4) is 5.75 Å². The van der Waals surface area contributed by atoms with Crippen molar-refractivity contribution < 1.29 is 22.3 Å². The fourth-order valence-corrected chi connectivity index (χ4v) is 4.87. The van der Waals surface area contributed by atoms with Crippen molar-refractivity contribution in [1.82, 2.24) is 4.31 Å². The Morgan fingerprint density at radius 2 is 1.92 bits per heavy atom. The molecule has 0 unspecified atom stereocenters. The van der Waals surface area contributed by atoms with Gasteiger partial charge in [-0.1, -0.05) is 13.8 Å². The van der Waals surface area contributed by atoms with Gasteiger partial charge in [0.1, 0.15) is 6.10 Å². The monoisotopic (exact) mass is 371 g/mol. The first-order chi connectivity index (χ1) is 11.9. The van der Waals surface area contributed by atoms with Crippen LogP contribution < -0.4 is 4.74 Å². The fourth-order valence-electron chi connectivity index (χ4n) is 3.01. The molecule has 1 saturated carbocycles. The van der Waals surface area contributed by atoms with Crippen molar-refractivity contribution in [1.29, 1.82) is 0 Å². The Morgan fingerprint density at radius 3 is 2.48 bits per heavy atom. The van der Waals surface area contributed by atoms with E-state index in [1.807, 2.05) is 13.8 Å². The number of benzene rings is 1. The maximum atomic E-state index is 14.4. The highest BCUT2D eigenvalue weighted by molar-refractivity contribution is 7.89. The van der Waals surface area contributed by atoms with Crippen LogP contribution in [0.5, 0.6) is 5.75 Å². The number of nitrogens with zero attached hydrogens (tertiary/aromatic N) is 1. The van der Waals surface area contributed by atoms with E-state index in [1.54, 1.807) is 0 Å². The van der Waals surface area contributed by atoms with E-state index >= 15 is 0 Å². The minimum atomic E-state index is -3.69. The van der Waals surface area contributed by atoms with E-state index in [-0.39, 0.29) is 28.7 Å². The highest BCUT2D eigenvalue weighted by atomic mass is 32.2. The van der Waals surface area contributed by atoms with Gasteiger partial charge in [0, 0.05) is 25.4 Å². The molecule has 0 aromatic heterocycles. The van der Waals surface area contributed by atoms with Crippen LogP contribution in [0.25, 0.3) is 0 Å². The third kappa shape index (κ3) is 4.51. The summed E-state index contributed by atoms with van der Waals surface area (Å²) >= 11 is 0. The van der Waals surface area contributed by atoms with Crippen molar-refractivity contribution in [2.75, 3.05) is 19.8 Å². The van der Waals surface area contributed by atoms with E-state index < -0.39 is 15.8 Å². The topological polar surface area (TPSA) is 55.8 Å². The van der Waals surface area contributed by atoms with E-state index in [9.17, 15) is 12.8 Å². The summed E-state index contributed by atoms with van der Waals surface area (Å²) in [6.07, 6.45) is 3.08. The van der Waals surface area contributed by atoms with E-state index in [2.05, 4.69) is 0 Å². The number of hydrogen-bond acceptors (Lipinski definition) is 4. The molecular weight excluding hydrogens is 345 g/mol. The second-order valence-corrected chi connectivity index (χ2v) is 9.11. The van der Waals surface area contributed by atoms with Gasteiger partial charge in [-0.2, -0.15) is 4.31 Å². The maximum absolute atomic E-state index is 14.4. The predicted molar refractivity (Wildman–Crippen MR) is 92.6 cm³/mol. The molecule has 0 atom stereocenters. The Kier molecular flexibility index (Phi) is 5.65. The highest BCUT2D eigenvalue weighted by Gasteiger charge is 2.38. The molecule has 1 saturated heterocycles. The van der Waals surface area contributed by atoms with E-state index in [4.69, 9.17) is 9.47 Å². The van der Waals surface area contributed by atoms with Crippen LogP contribution in [0.2, 0.25) is 0 Å². The number of halogens is 1. The molecule has 1 aliphatic carbocycles. The van der Waals surface area contributed by atoms with Gasteiger partial charge >= 0.3 is 0 Å². The molecule has 25 heavy (non-hydrogen) atoms. The lowest BCUT2D eigenvalue weighted by atomic mass is 10.1. The lowest BCUT2D eigenvalue weighted by Gasteiger charge is -2.25. The summed E-state index contributed by atoms with van der Waals surface area (Å²) in [5.41, 5.74) is 0. The Balaban J connectivity index is 1.78. The second kappa shape index (κ2) is 7.60. The van der Waals surface area contributed by atoms with Crippen LogP contribution in [0.4, 0.5) is 4.39 Å². The molecule has 1 aromatic carbocycles. The first kappa shape index (κ1) is 18.6. The molecule has 1 aromatic rings. The van der Waals surface area contributed by atoms with Crippen molar-refractivity contribution in [2.24, 2.45) is 5.92 Å². The van der Waals surface area contributed by atoms with Crippen LogP contribution in [-0.2, 0) is 14.8 Å². The lowest BCUT2D eigenvalue weighted by Crippen LogP contribution is -2.36. The van der Waals surface area contributed by atoms with Gasteiger partial charge in [-0.25, -0.2) is 12.8 Å². The molecule has 0 bridgehead atoms. The van der Waals surface area contributed by atoms with Gasteiger partial charge in [0.25, 0.3) is 0 Å². The molecule has 140 valence electrons. The van der Waals surface area contributed by atoms with Crippen molar-refractivity contribution >= 4 is 10.0 Å². The predicted octanol–water partition coefficient (Wildman–Crippen LogP) is 3.19. The van der Waals surface area contributed by atoms with Crippen LogP contribution in [0.3, 0.4) is 0 Å². The van der Waals surface area contributed by atoms with Crippen LogP contribution in [-0.4, -0.2) is 44.6 Å². The lowest BCUT2D eigenvalue weighted by molar-refractivity contribution is 0.0240. The molecule has 0 N–H and O–H groups in total. The normalized spacial score (nSPS) is 19.6. The van der Waals surface area contributed by atoms with Gasteiger partial charge in [-0.15, -0.1) is 0 Å². The van der Waals surface area contributed by atoms with Gasteiger partial charge in [-0.05, 0) is 37.0 Å². The minimum absolute atomic E-state index is 0.00289. The summed E-state index contributed by atoms with van der Waals surface area (Å²) in [4.78, 5) is -0.00289. The third-order valence-corrected chi connectivity index (χ3v) is 6.39. The number of ether oxygens (including phenoxy) is 2. The summed E-state index contributed by atoms with van der Waals surface area (Å²) in [5, 5.41) is 0. The van der Waals surface area contributed by atoms with Gasteiger partial charge < -0.3 is 9.47 Å². The van der Waals surface area contributed by atoms with E-state index in [0.717, 1.165) is 18.9 Å². The largest absolute Gasteiger partial charge is 0.487 e. The molecule has 0 radical (unpaired) electrons. The Hall–Kier alpha value is -1.18. The summed E-state index contributed by atoms with van der Waals surface area (Å²) in [6.45, 7) is 5.62. The number of rotatable bonds is 7. The first-order valence-corrected chi connectivity index (χ1v) is 10.4. The number of sulfonamides is 1. The Morgan fingerprint density at radius 1 is 1.24 bits per heavy atom. The zero-order chi connectivity index (χ0) is 18.0. The molecule has 1 aliphatic heterocycles. The molecule has 2 aliphatic rings. The summed E-state index contributed by atoms with van der Waals surface area (Å²) in [6, 6.07) is 4.01. The van der Waals surface area contributed by atoms with Crippen LogP contribution in [0.15, 0.2) is 23.1 Å². The third-order valence-electron chi connectivity index (χ3n) is 4.47. The average molecular weight is 371 g/mol. The second-order valence-electron chi connectivity index (χ2n) is 7.22. The van der Waals surface area contributed by atoms with Gasteiger partial charge in [0.2, 0.25) is 10.0 Å². The van der Waals surface area contributed by atoms with E-state index in [1.165, 1.54) is 16.4 Å².